The van der Waals surface area contributed by atoms with Crippen molar-refractivity contribution in [1.29, 1.82) is 0 Å². The van der Waals surface area contributed by atoms with Crippen molar-refractivity contribution in [2.45, 2.75) is 45.6 Å². The van der Waals surface area contributed by atoms with Gasteiger partial charge in [0.2, 0.25) is 5.91 Å². The Kier molecular flexibility index (Phi) is 4.40. The standard InChI is InChI=1S/C20H25N3O4/c1-11-16(12(2)24)7-17(18(25)21-11)20(27)22-9-14-5-6-15(10-22)23(19(14)26)8-13-3-4-13/h7,13-15H,3-6,8-10H2,1-2H3,(H,21,25)/t14-,15+/m1/s1. The normalized spacial score (nSPS) is 24.9. The lowest BCUT2D eigenvalue weighted by Crippen LogP contribution is -2.48. The second-order valence-corrected chi connectivity index (χ2v) is 8.18. The van der Waals surface area contributed by atoms with Gasteiger partial charge in [0, 0.05) is 36.9 Å². The molecule has 1 aromatic heterocycles. The number of nitrogens with one attached hydrogen (secondary N) is 1. The van der Waals surface area contributed by atoms with Gasteiger partial charge in [0.15, 0.2) is 5.78 Å². The average Bonchev–Trinajstić information content (AvgIpc) is 3.44. The number of piperidine rings is 1. The molecule has 4 aliphatic rings. The monoisotopic (exact) mass is 371 g/mol. The van der Waals surface area contributed by atoms with Crippen LogP contribution in [0, 0.1) is 18.8 Å². The molecular weight excluding hydrogens is 346 g/mol. The van der Waals surface area contributed by atoms with E-state index in [1.165, 1.54) is 25.8 Å². The van der Waals surface area contributed by atoms with Crippen LogP contribution in [0.1, 0.15) is 59.0 Å². The van der Waals surface area contributed by atoms with Crippen molar-refractivity contribution >= 4 is 17.6 Å². The van der Waals surface area contributed by atoms with Crippen molar-refractivity contribution in [2.24, 2.45) is 11.8 Å². The Hall–Kier alpha value is -2.44. The zero-order valence-corrected chi connectivity index (χ0v) is 15.8. The van der Waals surface area contributed by atoms with E-state index in [9.17, 15) is 19.2 Å². The number of hydrogen-bond acceptors (Lipinski definition) is 4. The van der Waals surface area contributed by atoms with E-state index in [2.05, 4.69) is 4.98 Å². The number of carbonyl (C=O) groups excluding carboxylic acids is 3. The minimum absolute atomic E-state index is 0.0201. The second-order valence-electron chi connectivity index (χ2n) is 8.18. The number of aromatic nitrogens is 1. The molecule has 144 valence electrons. The number of rotatable bonds is 4. The molecule has 5 rings (SSSR count). The number of hydrogen-bond donors (Lipinski definition) is 1. The zero-order valence-electron chi connectivity index (χ0n) is 15.8. The molecule has 0 radical (unpaired) electrons. The van der Waals surface area contributed by atoms with Crippen molar-refractivity contribution in [3.8, 4) is 0 Å². The highest BCUT2D eigenvalue weighted by molar-refractivity contribution is 6.00. The van der Waals surface area contributed by atoms with Gasteiger partial charge < -0.3 is 14.8 Å². The first kappa shape index (κ1) is 17.9. The van der Waals surface area contributed by atoms with Gasteiger partial charge in [0.1, 0.15) is 5.56 Å². The predicted molar refractivity (Wildman–Crippen MR) is 98.7 cm³/mol. The molecule has 3 saturated heterocycles. The lowest BCUT2D eigenvalue weighted by atomic mass is 9.94. The Morgan fingerprint density at radius 3 is 2.52 bits per heavy atom. The fraction of sp³-hybridized carbons (Fsp3) is 0.600. The Labute approximate surface area is 157 Å². The molecule has 0 spiro atoms. The number of aryl methyl sites for hydroxylation is 1. The average molecular weight is 371 g/mol. The zero-order chi connectivity index (χ0) is 19.3. The highest BCUT2D eigenvalue weighted by Gasteiger charge is 2.43. The number of nitrogens with zero attached hydrogens (tertiary/aromatic N) is 2. The quantitative estimate of drug-likeness (QED) is 0.809. The molecule has 0 aromatic carbocycles. The number of carbonyl (C=O) groups is 3. The molecule has 7 heteroatoms. The summed E-state index contributed by atoms with van der Waals surface area (Å²) in [5, 5.41) is 0. The van der Waals surface area contributed by atoms with E-state index in [-0.39, 0.29) is 29.2 Å². The topological polar surface area (TPSA) is 90.6 Å². The van der Waals surface area contributed by atoms with E-state index in [0.717, 1.165) is 19.4 Å². The lowest BCUT2D eigenvalue weighted by Gasteiger charge is -2.36. The Balaban J connectivity index is 1.61. The second kappa shape index (κ2) is 6.62. The molecule has 2 amide bonds. The van der Waals surface area contributed by atoms with Gasteiger partial charge in [-0.25, -0.2) is 0 Å². The Bertz CT molecular complexity index is 870. The van der Waals surface area contributed by atoms with Crippen LogP contribution in [0.3, 0.4) is 0 Å². The minimum Gasteiger partial charge on any atom is -0.337 e. The first-order valence-electron chi connectivity index (χ1n) is 9.69. The first-order chi connectivity index (χ1) is 12.8. The van der Waals surface area contributed by atoms with Crippen LogP contribution < -0.4 is 5.56 Å². The van der Waals surface area contributed by atoms with Gasteiger partial charge in [0.05, 0.1) is 5.92 Å². The maximum absolute atomic E-state index is 13.1. The van der Waals surface area contributed by atoms with Crippen molar-refractivity contribution < 1.29 is 14.4 Å². The number of amides is 2. The number of pyridine rings is 1. The van der Waals surface area contributed by atoms with E-state index in [1.54, 1.807) is 11.8 Å². The summed E-state index contributed by atoms with van der Waals surface area (Å²) in [6.07, 6.45) is 4.04. The fourth-order valence-electron chi connectivity index (χ4n) is 4.34. The molecule has 4 heterocycles. The highest BCUT2D eigenvalue weighted by Crippen LogP contribution is 2.35. The van der Waals surface area contributed by atoms with Gasteiger partial charge in [-0.3, -0.25) is 19.2 Å². The van der Waals surface area contributed by atoms with Crippen LogP contribution in [0.15, 0.2) is 10.9 Å². The molecule has 4 fully saturated rings. The maximum atomic E-state index is 13.1. The third-order valence-corrected chi connectivity index (χ3v) is 6.08. The summed E-state index contributed by atoms with van der Waals surface area (Å²) in [4.78, 5) is 56.3. The maximum Gasteiger partial charge on any atom is 0.261 e. The molecular formula is C20H25N3O4. The molecule has 1 aliphatic carbocycles. The summed E-state index contributed by atoms with van der Waals surface area (Å²) in [5.74, 6) is -0.0225. The summed E-state index contributed by atoms with van der Waals surface area (Å²) in [6, 6.07) is 1.42. The van der Waals surface area contributed by atoms with Crippen LogP contribution in [0.5, 0.6) is 0 Å². The van der Waals surface area contributed by atoms with E-state index < -0.39 is 11.5 Å². The smallest absolute Gasteiger partial charge is 0.261 e. The Morgan fingerprint density at radius 1 is 1.11 bits per heavy atom. The number of H-pyrrole nitrogens is 1. The predicted octanol–water partition coefficient (Wildman–Crippen LogP) is 1.36. The number of ketones is 1. The first-order valence-corrected chi connectivity index (χ1v) is 9.69. The molecule has 1 saturated carbocycles. The van der Waals surface area contributed by atoms with E-state index in [1.807, 2.05) is 4.90 Å². The van der Waals surface area contributed by atoms with Crippen LogP contribution in [0.2, 0.25) is 0 Å². The minimum atomic E-state index is -0.486. The van der Waals surface area contributed by atoms with E-state index >= 15 is 0 Å². The van der Waals surface area contributed by atoms with Gasteiger partial charge in [-0.05, 0) is 51.5 Å². The molecule has 0 unspecified atom stereocenters. The summed E-state index contributed by atoms with van der Waals surface area (Å²) in [7, 11) is 0. The summed E-state index contributed by atoms with van der Waals surface area (Å²) in [6.45, 7) is 4.65. The van der Waals surface area contributed by atoms with Crippen LogP contribution in [-0.4, -0.2) is 58.1 Å². The summed E-state index contributed by atoms with van der Waals surface area (Å²) < 4.78 is 0. The van der Waals surface area contributed by atoms with Crippen LogP contribution in [0.4, 0.5) is 0 Å². The third-order valence-electron chi connectivity index (χ3n) is 6.08. The summed E-state index contributed by atoms with van der Waals surface area (Å²) >= 11 is 0. The van der Waals surface area contributed by atoms with E-state index in [0.29, 0.717) is 30.3 Å². The SMILES string of the molecule is CC(=O)c1cc(C(=O)N2C[C@H]3CC[C@@H](C2)N(CC2CC2)C3=O)c(=O)[nH]c1C. The molecule has 1 aromatic rings. The molecule has 1 N–H and O–H groups in total. The number of aromatic amines is 1. The molecule has 7 nitrogen and oxygen atoms in total. The van der Waals surface area contributed by atoms with Gasteiger partial charge in [0.25, 0.3) is 11.5 Å². The van der Waals surface area contributed by atoms with Crippen molar-refractivity contribution in [1.82, 2.24) is 14.8 Å². The van der Waals surface area contributed by atoms with Gasteiger partial charge >= 0.3 is 0 Å². The van der Waals surface area contributed by atoms with Gasteiger partial charge in [-0.2, -0.15) is 0 Å². The van der Waals surface area contributed by atoms with E-state index in [4.69, 9.17) is 0 Å². The van der Waals surface area contributed by atoms with Crippen LogP contribution in [0.25, 0.3) is 0 Å². The van der Waals surface area contributed by atoms with Crippen molar-refractivity contribution in [3.63, 3.8) is 0 Å². The molecule has 2 atom stereocenters. The highest BCUT2D eigenvalue weighted by atomic mass is 16.2. The third kappa shape index (κ3) is 3.31. The van der Waals surface area contributed by atoms with Crippen molar-refractivity contribution in [2.75, 3.05) is 19.6 Å². The largest absolute Gasteiger partial charge is 0.337 e. The van der Waals surface area contributed by atoms with Crippen molar-refractivity contribution in [3.05, 3.63) is 33.2 Å². The molecule has 2 bridgehead atoms. The summed E-state index contributed by atoms with van der Waals surface area (Å²) in [5.41, 5.74) is 0.307. The van der Waals surface area contributed by atoms with Gasteiger partial charge in [-0.1, -0.05) is 0 Å². The Morgan fingerprint density at radius 2 is 1.85 bits per heavy atom. The fourth-order valence-corrected chi connectivity index (χ4v) is 4.34. The molecule has 3 aliphatic heterocycles. The molecule has 27 heavy (non-hydrogen) atoms. The number of Topliss-reactive ketones (excluding diaryl/α,β-unsaturated/α-hetero) is 1. The van der Waals surface area contributed by atoms with Crippen LogP contribution in [-0.2, 0) is 4.79 Å². The van der Waals surface area contributed by atoms with Gasteiger partial charge in [-0.15, -0.1) is 0 Å². The lowest BCUT2D eigenvalue weighted by molar-refractivity contribution is -0.140. The number of fused-ring (bicyclic) bond motifs is 4. The van der Waals surface area contributed by atoms with Crippen LogP contribution >= 0.6 is 0 Å².